The van der Waals surface area contributed by atoms with Crippen molar-refractivity contribution >= 4 is 26.6 Å². The number of carbonyl (C=O) groups is 1. The van der Waals surface area contributed by atoms with Crippen molar-refractivity contribution in [3.8, 4) is 0 Å². The largest absolute Gasteiger partial charge is 0.374 e. The number of hydrogen-bond donors (Lipinski definition) is 3. The van der Waals surface area contributed by atoms with E-state index in [9.17, 15) is 22.7 Å². The van der Waals surface area contributed by atoms with Gasteiger partial charge in [-0.1, -0.05) is 32.0 Å². The van der Waals surface area contributed by atoms with Crippen LogP contribution in [-0.4, -0.2) is 47.4 Å². The standard InChI is InChI=1S/C26H27FN4O4S/c1-3-31(4-2)26(33)18-7-10-21(27)24(14-18)36(34,35)20-8-5-17(6-9-20)15-29-25(32)23-13-19-16-28-12-11-22(19)30-23/h5-14,16,26,30,33H,3-4,15H2,1-2H3,(H,29,32). The predicted octanol–water partition coefficient (Wildman–Crippen LogP) is 3.80. The molecule has 10 heteroatoms. The van der Waals surface area contributed by atoms with E-state index in [0.29, 0.717) is 29.9 Å². The molecule has 0 aliphatic carbocycles. The van der Waals surface area contributed by atoms with Crippen molar-refractivity contribution in [2.24, 2.45) is 0 Å². The summed E-state index contributed by atoms with van der Waals surface area (Å²) in [5, 5.41) is 14.2. The molecule has 0 saturated heterocycles. The molecule has 1 atom stereocenters. The molecule has 0 fully saturated rings. The molecule has 2 aromatic heterocycles. The zero-order valence-electron chi connectivity index (χ0n) is 19.9. The number of H-pyrrole nitrogens is 1. The number of nitrogens with zero attached hydrogens (tertiary/aromatic N) is 2. The summed E-state index contributed by atoms with van der Waals surface area (Å²) in [4.78, 5) is 20.7. The summed E-state index contributed by atoms with van der Waals surface area (Å²) in [6, 6.07) is 13.0. The Kier molecular flexibility index (Phi) is 7.48. The lowest BCUT2D eigenvalue weighted by Crippen LogP contribution is -2.28. The van der Waals surface area contributed by atoms with Gasteiger partial charge in [0.15, 0.2) is 0 Å². The van der Waals surface area contributed by atoms with Crippen molar-refractivity contribution < 1.29 is 22.7 Å². The Morgan fingerprint density at radius 2 is 1.83 bits per heavy atom. The van der Waals surface area contributed by atoms with Crippen LogP contribution in [0.25, 0.3) is 10.9 Å². The summed E-state index contributed by atoms with van der Waals surface area (Å²) in [5.41, 5.74) is 2.15. The fraction of sp³-hybridized carbons (Fsp3) is 0.231. The fourth-order valence-electron chi connectivity index (χ4n) is 3.95. The Balaban J connectivity index is 1.49. The van der Waals surface area contributed by atoms with Crippen molar-refractivity contribution in [3.05, 3.63) is 89.6 Å². The highest BCUT2D eigenvalue weighted by molar-refractivity contribution is 7.91. The van der Waals surface area contributed by atoms with Gasteiger partial charge in [-0.05, 0) is 60.6 Å². The Labute approximate surface area is 208 Å². The molecule has 3 N–H and O–H groups in total. The van der Waals surface area contributed by atoms with Crippen molar-refractivity contribution in [1.82, 2.24) is 20.2 Å². The number of aromatic nitrogens is 2. The molecule has 0 bridgehead atoms. The summed E-state index contributed by atoms with van der Waals surface area (Å²) in [7, 11) is -4.17. The van der Waals surface area contributed by atoms with Crippen LogP contribution in [0.4, 0.5) is 4.39 Å². The first-order valence-electron chi connectivity index (χ1n) is 11.5. The third kappa shape index (κ3) is 5.15. The van der Waals surface area contributed by atoms with E-state index in [2.05, 4.69) is 15.3 Å². The molecule has 36 heavy (non-hydrogen) atoms. The number of halogens is 1. The molecule has 1 amide bonds. The number of aliphatic hydroxyl groups is 1. The van der Waals surface area contributed by atoms with Gasteiger partial charge < -0.3 is 15.4 Å². The topological polar surface area (TPSA) is 115 Å². The maximum Gasteiger partial charge on any atom is 0.267 e. The third-order valence-electron chi connectivity index (χ3n) is 6.05. The molecule has 2 heterocycles. The molecule has 2 aromatic carbocycles. The monoisotopic (exact) mass is 510 g/mol. The predicted molar refractivity (Wildman–Crippen MR) is 133 cm³/mol. The molecule has 4 rings (SSSR count). The molecule has 0 radical (unpaired) electrons. The van der Waals surface area contributed by atoms with E-state index in [1.54, 1.807) is 41.6 Å². The van der Waals surface area contributed by atoms with E-state index in [0.717, 1.165) is 17.0 Å². The van der Waals surface area contributed by atoms with Crippen LogP contribution in [0.15, 0.2) is 76.8 Å². The first-order valence-corrected chi connectivity index (χ1v) is 13.0. The minimum absolute atomic E-state index is 0.0888. The van der Waals surface area contributed by atoms with Crippen LogP contribution in [0.2, 0.25) is 0 Å². The molecular weight excluding hydrogens is 483 g/mol. The Hall–Kier alpha value is -3.60. The summed E-state index contributed by atoms with van der Waals surface area (Å²) in [6.45, 7) is 5.01. The van der Waals surface area contributed by atoms with Crippen LogP contribution < -0.4 is 5.32 Å². The van der Waals surface area contributed by atoms with Crippen LogP contribution in [0.5, 0.6) is 0 Å². The maximum absolute atomic E-state index is 14.6. The van der Waals surface area contributed by atoms with Crippen LogP contribution in [0.3, 0.4) is 0 Å². The molecule has 8 nitrogen and oxygen atoms in total. The number of fused-ring (bicyclic) bond motifs is 1. The second-order valence-corrected chi connectivity index (χ2v) is 10.2. The minimum atomic E-state index is -4.17. The SMILES string of the molecule is CCN(CC)C(O)c1ccc(F)c(S(=O)(=O)c2ccc(CNC(=O)c3cc4cnccc4[nH]3)cc2)c1. The number of carbonyl (C=O) groups excluding carboxylic acids is 1. The molecule has 0 spiro atoms. The van der Waals surface area contributed by atoms with Gasteiger partial charge in [-0.3, -0.25) is 14.7 Å². The van der Waals surface area contributed by atoms with E-state index < -0.39 is 26.8 Å². The van der Waals surface area contributed by atoms with E-state index in [4.69, 9.17) is 0 Å². The summed E-state index contributed by atoms with van der Waals surface area (Å²) in [5.74, 6) is -1.20. The average molecular weight is 511 g/mol. The lowest BCUT2D eigenvalue weighted by atomic mass is 10.1. The summed E-state index contributed by atoms with van der Waals surface area (Å²) in [6.07, 6.45) is 2.24. The molecule has 0 aliphatic rings. The number of aromatic amines is 1. The number of sulfone groups is 1. The van der Waals surface area contributed by atoms with E-state index in [1.807, 2.05) is 13.8 Å². The smallest absolute Gasteiger partial charge is 0.267 e. The van der Waals surface area contributed by atoms with Gasteiger partial charge >= 0.3 is 0 Å². The van der Waals surface area contributed by atoms with E-state index >= 15 is 0 Å². The van der Waals surface area contributed by atoms with Crippen molar-refractivity contribution in [1.29, 1.82) is 0 Å². The summed E-state index contributed by atoms with van der Waals surface area (Å²) < 4.78 is 40.9. The normalized spacial score (nSPS) is 12.7. The lowest BCUT2D eigenvalue weighted by Gasteiger charge is -2.25. The van der Waals surface area contributed by atoms with E-state index in [-0.39, 0.29) is 17.3 Å². The number of hydrogen-bond acceptors (Lipinski definition) is 6. The third-order valence-corrected chi connectivity index (χ3v) is 7.84. The van der Waals surface area contributed by atoms with Gasteiger partial charge in [-0.25, -0.2) is 12.8 Å². The zero-order valence-corrected chi connectivity index (χ0v) is 20.7. The molecule has 4 aromatic rings. The van der Waals surface area contributed by atoms with Crippen LogP contribution in [0.1, 0.15) is 41.7 Å². The van der Waals surface area contributed by atoms with Gasteiger partial charge in [0.1, 0.15) is 22.6 Å². The van der Waals surface area contributed by atoms with Gasteiger partial charge in [0.25, 0.3) is 5.91 Å². The number of nitrogens with one attached hydrogen (secondary N) is 2. The van der Waals surface area contributed by atoms with Gasteiger partial charge in [0.05, 0.1) is 4.90 Å². The number of aliphatic hydroxyl groups excluding tert-OH is 1. The number of pyridine rings is 1. The van der Waals surface area contributed by atoms with Crippen LogP contribution >= 0.6 is 0 Å². The second-order valence-electron chi connectivity index (χ2n) is 8.26. The number of rotatable bonds is 9. The van der Waals surface area contributed by atoms with Gasteiger partial charge in [-0.15, -0.1) is 0 Å². The van der Waals surface area contributed by atoms with Crippen molar-refractivity contribution in [3.63, 3.8) is 0 Å². The first kappa shape index (κ1) is 25.5. The van der Waals surface area contributed by atoms with Gasteiger partial charge in [0.2, 0.25) is 9.84 Å². The average Bonchev–Trinajstić information content (AvgIpc) is 3.33. The van der Waals surface area contributed by atoms with E-state index in [1.165, 1.54) is 24.3 Å². The summed E-state index contributed by atoms with van der Waals surface area (Å²) >= 11 is 0. The van der Waals surface area contributed by atoms with Gasteiger partial charge in [0, 0.05) is 29.8 Å². The second kappa shape index (κ2) is 10.6. The Morgan fingerprint density at radius 1 is 1.11 bits per heavy atom. The maximum atomic E-state index is 14.6. The highest BCUT2D eigenvalue weighted by Gasteiger charge is 2.25. The first-order chi connectivity index (χ1) is 17.2. The minimum Gasteiger partial charge on any atom is -0.374 e. The molecule has 0 saturated carbocycles. The zero-order chi connectivity index (χ0) is 25.9. The van der Waals surface area contributed by atoms with Gasteiger partial charge in [-0.2, -0.15) is 0 Å². The number of benzene rings is 2. The van der Waals surface area contributed by atoms with Crippen molar-refractivity contribution in [2.75, 3.05) is 13.1 Å². The fourth-order valence-corrected chi connectivity index (χ4v) is 5.32. The highest BCUT2D eigenvalue weighted by atomic mass is 32.2. The van der Waals surface area contributed by atoms with Crippen molar-refractivity contribution in [2.45, 2.75) is 36.4 Å². The highest BCUT2D eigenvalue weighted by Crippen LogP contribution is 2.28. The molecule has 1 unspecified atom stereocenters. The quantitative estimate of drug-likeness (QED) is 0.295. The lowest BCUT2D eigenvalue weighted by molar-refractivity contribution is 0.00879. The number of amides is 1. The van der Waals surface area contributed by atoms with Crippen LogP contribution in [0, 0.1) is 5.82 Å². The Morgan fingerprint density at radius 3 is 2.50 bits per heavy atom. The molecular formula is C26H27FN4O4S. The Bertz CT molecular complexity index is 1450. The van der Waals surface area contributed by atoms with Crippen LogP contribution in [-0.2, 0) is 16.4 Å². The molecule has 0 aliphatic heterocycles. The molecule has 188 valence electrons.